The summed E-state index contributed by atoms with van der Waals surface area (Å²) in [5.41, 5.74) is 16.5. The van der Waals surface area contributed by atoms with Crippen molar-refractivity contribution in [3.8, 4) is 0 Å². The van der Waals surface area contributed by atoms with Crippen LogP contribution in [-0.4, -0.2) is 83.4 Å². The first-order chi connectivity index (χ1) is 15.0. The third-order valence-corrected chi connectivity index (χ3v) is 6.45. The first-order valence-corrected chi connectivity index (χ1v) is 10.4. The standard InChI is InChI=1S/C19H28N8O5/c1-18(31)8-32-19(2-4-26(5-3-19)16(30)10(20)6-12(28)29)7-11(18)27-9-23-13-14(21)24-17(22)25-15(13)27/h9-11,31H,2-8,20H2,1H3,(H,28,29)(H4,21,22,24,25)/t10-,11-,18-/m0/s1. The number of carbonyl (C=O) groups is 2. The lowest BCUT2D eigenvalue weighted by Gasteiger charge is -2.51. The SMILES string of the molecule is C[C@]1(O)COC2(CCN(C(=O)[C@@H](N)CC(=O)O)CC2)C[C@@H]1n1cnc2c(N)nc(N)nc21. The summed E-state index contributed by atoms with van der Waals surface area (Å²) in [7, 11) is 0. The van der Waals surface area contributed by atoms with Crippen LogP contribution in [0.5, 0.6) is 0 Å². The van der Waals surface area contributed by atoms with Gasteiger partial charge in [-0.25, -0.2) is 4.98 Å². The van der Waals surface area contributed by atoms with Crippen LogP contribution in [0.1, 0.15) is 38.6 Å². The Morgan fingerprint density at radius 3 is 2.66 bits per heavy atom. The molecule has 1 amide bonds. The first-order valence-electron chi connectivity index (χ1n) is 10.4. The number of carboxylic acids is 1. The summed E-state index contributed by atoms with van der Waals surface area (Å²) >= 11 is 0. The molecule has 4 heterocycles. The smallest absolute Gasteiger partial charge is 0.305 e. The maximum Gasteiger partial charge on any atom is 0.305 e. The molecule has 0 unspecified atom stereocenters. The van der Waals surface area contributed by atoms with Gasteiger partial charge in [-0.1, -0.05) is 0 Å². The Hall–Kier alpha value is -3.03. The minimum Gasteiger partial charge on any atom is -0.481 e. The predicted molar refractivity (Wildman–Crippen MR) is 113 cm³/mol. The van der Waals surface area contributed by atoms with Crippen LogP contribution in [0.3, 0.4) is 0 Å². The minimum absolute atomic E-state index is 0.0164. The van der Waals surface area contributed by atoms with E-state index in [1.165, 1.54) is 0 Å². The van der Waals surface area contributed by atoms with Gasteiger partial charge >= 0.3 is 5.97 Å². The number of ether oxygens (including phenoxy) is 1. The van der Waals surface area contributed by atoms with Crippen molar-refractivity contribution in [2.24, 2.45) is 5.73 Å². The van der Waals surface area contributed by atoms with Gasteiger partial charge < -0.3 is 41.6 Å². The molecule has 32 heavy (non-hydrogen) atoms. The quantitative estimate of drug-likeness (QED) is 0.377. The molecule has 0 radical (unpaired) electrons. The summed E-state index contributed by atoms with van der Waals surface area (Å²) < 4.78 is 7.89. The van der Waals surface area contributed by atoms with Crippen molar-refractivity contribution >= 4 is 34.8 Å². The van der Waals surface area contributed by atoms with Crippen LogP contribution in [-0.2, 0) is 14.3 Å². The van der Waals surface area contributed by atoms with E-state index in [2.05, 4.69) is 15.0 Å². The number of fused-ring (bicyclic) bond motifs is 1. The van der Waals surface area contributed by atoms with Crippen LogP contribution in [0.4, 0.5) is 11.8 Å². The van der Waals surface area contributed by atoms with Crippen LogP contribution < -0.4 is 17.2 Å². The number of nitrogens with two attached hydrogens (primary N) is 3. The third-order valence-electron chi connectivity index (χ3n) is 6.45. The number of aromatic nitrogens is 4. The number of rotatable bonds is 4. The number of anilines is 2. The molecule has 0 bridgehead atoms. The lowest BCUT2D eigenvalue weighted by molar-refractivity contribution is -0.201. The lowest BCUT2D eigenvalue weighted by atomic mass is 9.77. The van der Waals surface area contributed by atoms with Gasteiger partial charge in [-0.3, -0.25) is 9.59 Å². The number of aliphatic hydroxyl groups is 1. The fourth-order valence-corrected chi connectivity index (χ4v) is 4.60. The monoisotopic (exact) mass is 448 g/mol. The first kappa shape index (κ1) is 22.2. The van der Waals surface area contributed by atoms with E-state index < -0.39 is 35.7 Å². The van der Waals surface area contributed by atoms with Crippen molar-refractivity contribution < 1.29 is 24.5 Å². The molecule has 1 spiro atoms. The average Bonchev–Trinajstić information content (AvgIpc) is 3.13. The summed E-state index contributed by atoms with van der Waals surface area (Å²) in [6, 6.07) is -1.50. The highest BCUT2D eigenvalue weighted by Crippen LogP contribution is 2.44. The van der Waals surface area contributed by atoms with E-state index in [1.807, 2.05) is 0 Å². The number of piperidine rings is 1. The molecule has 8 N–H and O–H groups in total. The summed E-state index contributed by atoms with van der Waals surface area (Å²) in [4.78, 5) is 37.4. The molecule has 0 aliphatic carbocycles. The Kier molecular flexibility index (Phi) is 5.43. The zero-order chi connectivity index (χ0) is 23.3. The van der Waals surface area contributed by atoms with E-state index in [1.54, 1.807) is 22.7 Å². The second-order valence-electron chi connectivity index (χ2n) is 8.87. The van der Waals surface area contributed by atoms with E-state index in [-0.39, 0.29) is 24.3 Å². The van der Waals surface area contributed by atoms with Gasteiger partial charge in [-0.2, -0.15) is 9.97 Å². The molecule has 2 aromatic rings. The number of hydrogen-bond donors (Lipinski definition) is 5. The van der Waals surface area contributed by atoms with Gasteiger partial charge in [0.25, 0.3) is 0 Å². The van der Waals surface area contributed by atoms with Gasteiger partial charge in [0, 0.05) is 19.5 Å². The van der Waals surface area contributed by atoms with E-state index in [4.69, 9.17) is 27.0 Å². The number of nitrogens with zero attached hydrogens (tertiary/aromatic N) is 5. The summed E-state index contributed by atoms with van der Waals surface area (Å²) in [5.74, 6) is -1.32. The van der Waals surface area contributed by atoms with Crippen molar-refractivity contribution in [1.29, 1.82) is 0 Å². The molecule has 4 rings (SSSR count). The average molecular weight is 448 g/mol. The highest BCUT2D eigenvalue weighted by atomic mass is 16.5. The van der Waals surface area contributed by atoms with Crippen LogP contribution in [0.25, 0.3) is 11.2 Å². The summed E-state index contributed by atoms with van der Waals surface area (Å²) in [6.07, 6.45) is 2.66. The minimum atomic E-state index is -1.20. The maximum absolute atomic E-state index is 12.5. The second-order valence-corrected chi connectivity index (χ2v) is 8.87. The van der Waals surface area contributed by atoms with Gasteiger partial charge in [0.05, 0.1) is 37.0 Å². The van der Waals surface area contributed by atoms with Crippen LogP contribution in [0.2, 0.25) is 0 Å². The molecule has 13 heteroatoms. The second kappa shape index (κ2) is 7.83. The molecule has 2 saturated heterocycles. The van der Waals surface area contributed by atoms with E-state index in [9.17, 15) is 14.7 Å². The van der Waals surface area contributed by atoms with E-state index in [0.717, 1.165) is 0 Å². The fourth-order valence-electron chi connectivity index (χ4n) is 4.60. The molecule has 174 valence electrons. The Morgan fingerprint density at radius 1 is 1.31 bits per heavy atom. The van der Waals surface area contributed by atoms with Gasteiger partial charge in [-0.15, -0.1) is 0 Å². The highest BCUT2D eigenvalue weighted by molar-refractivity contribution is 5.86. The maximum atomic E-state index is 12.5. The summed E-state index contributed by atoms with van der Waals surface area (Å²) in [6.45, 7) is 2.54. The fraction of sp³-hybridized carbons (Fsp3) is 0.632. The molecule has 2 aromatic heterocycles. The normalized spacial score (nSPS) is 26.3. The van der Waals surface area contributed by atoms with Gasteiger partial charge in [-0.05, 0) is 19.8 Å². The lowest BCUT2D eigenvalue weighted by Crippen LogP contribution is -2.58. The molecule has 0 aromatic carbocycles. The number of hydrogen-bond acceptors (Lipinski definition) is 10. The Balaban J connectivity index is 1.54. The van der Waals surface area contributed by atoms with Crippen molar-refractivity contribution in [3.05, 3.63) is 6.33 Å². The number of carboxylic acid groups (broad SMARTS) is 1. The zero-order valence-corrected chi connectivity index (χ0v) is 17.8. The van der Waals surface area contributed by atoms with Crippen molar-refractivity contribution in [2.75, 3.05) is 31.2 Å². The largest absolute Gasteiger partial charge is 0.481 e. The van der Waals surface area contributed by atoms with Crippen LogP contribution in [0, 0.1) is 0 Å². The topological polar surface area (TPSA) is 209 Å². The number of nitrogen functional groups attached to an aromatic ring is 2. The number of imidazole rings is 1. The molecule has 2 fully saturated rings. The van der Waals surface area contributed by atoms with Crippen LogP contribution in [0.15, 0.2) is 6.33 Å². The number of likely N-dealkylation sites (tertiary alicyclic amines) is 1. The van der Waals surface area contributed by atoms with Gasteiger partial charge in [0.2, 0.25) is 11.9 Å². The van der Waals surface area contributed by atoms with Crippen molar-refractivity contribution in [2.45, 2.75) is 55.9 Å². The number of amides is 1. The number of carbonyl (C=O) groups excluding carboxylic acids is 1. The molecular formula is C19H28N8O5. The van der Waals surface area contributed by atoms with Crippen molar-refractivity contribution in [1.82, 2.24) is 24.4 Å². The van der Waals surface area contributed by atoms with Crippen molar-refractivity contribution in [3.63, 3.8) is 0 Å². The zero-order valence-electron chi connectivity index (χ0n) is 17.8. The Labute approximate surface area is 183 Å². The van der Waals surface area contributed by atoms with Gasteiger partial charge in [0.1, 0.15) is 11.1 Å². The Morgan fingerprint density at radius 2 is 2.00 bits per heavy atom. The number of aliphatic carboxylic acids is 1. The Bertz CT molecular complexity index is 1050. The third kappa shape index (κ3) is 3.94. The highest BCUT2D eigenvalue weighted by Gasteiger charge is 2.50. The molecular weight excluding hydrogens is 420 g/mol. The molecule has 2 aliphatic heterocycles. The molecule has 0 saturated carbocycles. The predicted octanol–water partition coefficient (Wildman–Crippen LogP) is -1.13. The summed E-state index contributed by atoms with van der Waals surface area (Å²) in [5, 5.41) is 20.0. The van der Waals surface area contributed by atoms with Gasteiger partial charge in [0.15, 0.2) is 11.5 Å². The molecule has 3 atom stereocenters. The molecule has 13 nitrogen and oxygen atoms in total. The van der Waals surface area contributed by atoms with E-state index >= 15 is 0 Å². The van der Waals surface area contributed by atoms with Crippen LogP contribution >= 0.6 is 0 Å². The molecule has 2 aliphatic rings. The van der Waals surface area contributed by atoms with E-state index in [0.29, 0.717) is 43.5 Å².